The van der Waals surface area contributed by atoms with E-state index in [0.29, 0.717) is 13.1 Å². The average molecular weight is 434 g/mol. The highest BCUT2D eigenvalue weighted by atomic mass is 16.2. The Labute approximate surface area is 191 Å². The molecule has 2 aliphatic rings. The molecule has 5 heteroatoms. The molecule has 1 saturated carbocycles. The fraction of sp³-hybridized carbons (Fsp3) is 0.481. The van der Waals surface area contributed by atoms with Crippen LogP contribution in [-0.2, 0) is 11.2 Å². The SMILES string of the molecule is O=C(NCCc1ccccc1)C1CCC(c2ccccc2)N(C(=O)NC2CCCCC2)C1. The number of carbonyl (C=O) groups is 2. The largest absolute Gasteiger partial charge is 0.355 e. The summed E-state index contributed by atoms with van der Waals surface area (Å²) in [6.07, 6.45) is 8.14. The van der Waals surface area contributed by atoms with Gasteiger partial charge in [0.1, 0.15) is 0 Å². The van der Waals surface area contributed by atoms with Crippen molar-refractivity contribution in [1.82, 2.24) is 15.5 Å². The summed E-state index contributed by atoms with van der Waals surface area (Å²) in [4.78, 5) is 28.1. The summed E-state index contributed by atoms with van der Waals surface area (Å²) in [5, 5.41) is 6.37. The van der Waals surface area contributed by atoms with Crippen molar-refractivity contribution in [3.05, 3.63) is 71.8 Å². The van der Waals surface area contributed by atoms with Gasteiger partial charge >= 0.3 is 6.03 Å². The van der Waals surface area contributed by atoms with E-state index in [9.17, 15) is 9.59 Å². The number of hydrogen-bond donors (Lipinski definition) is 2. The lowest BCUT2D eigenvalue weighted by molar-refractivity contribution is -0.126. The topological polar surface area (TPSA) is 61.4 Å². The van der Waals surface area contributed by atoms with Crippen LogP contribution in [0, 0.1) is 5.92 Å². The van der Waals surface area contributed by atoms with Gasteiger partial charge in [0.2, 0.25) is 5.91 Å². The van der Waals surface area contributed by atoms with E-state index in [4.69, 9.17) is 0 Å². The fourth-order valence-corrected chi connectivity index (χ4v) is 5.05. The van der Waals surface area contributed by atoms with Crippen LogP contribution in [0.4, 0.5) is 4.79 Å². The predicted octanol–water partition coefficient (Wildman–Crippen LogP) is 4.84. The number of carbonyl (C=O) groups excluding carboxylic acids is 2. The Balaban J connectivity index is 1.39. The molecule has 5 nitrogen and oxygen atoms in total. The molecule has 2 atom stereocenters. The first-order valence-corrected chi connectivity index (χ1v) is 12.1. The number of piperidine rings is 1. The first-order valence-electron chi connectivity index (χ1n) is 12.1. The quantitative estimate of drug-likeness (QED) is 0.685. The number of hydrogen-bond acceptors (Lipinski definition) is 2. The Morgan fingerprint density at radius 1 is 0.844 bits per heavy atom. The van der Waals surface area contributed by atoms with Crippen LogP contribution >= 0.6 is 0 Å². The maximum absolute atomic E-state index is 13.3. The lowest BCUT2D eigenvalue weighted by Gasteiger charge is -2.40. The zero-order valence-electron chi connectivity index (χ0n) is 18.8. The maximum Gasteiger partial charge on any atom is 0.318 e. The Bertz CT molecular complexity index is 865. The second-order valence-corrected chi connectivity index (χ2v) is 9.16. The molecule has 2 fully saturated rings. The van der Waals surface area contributed by atoms with E-state index >= 15 is 0 Å². The van der Waals surface area contributed by atoms with E-state index in [1.54, 1.807) is 0 Å². The fourth-order valence-electron chi connectivity index (χ4n) is 5.05. The number of likely N-dealkylation sites (tertiary alicyclic amines) is 1. The second kappa shape index (κ2) is 11.2. The summed E-state index contributed by atoms with van der Waals surface area (Å²) in [6.45, 7) is 1.09. The molecule has 32 heavy (non-hydrogen) atoms. The Kier molecular flexibility index (Phi) is 7.81. The van der Waals surface area contributed by atoms with Gasteiger partial charge in [-0.3, -0.25) is 4.79 Å². The predicted molar refractivity (Wildman–Crippen MR) is 127 cm³/mol. The van der Waals surface area contributed by atoms with Crippen molar-refractivity contribution < 1.29 is 9.59 Å². The molecule has 2 N–H and O–H groups in total. The first-order chi connectivity index (χ1) is 15.7. The van der Waals surface area contributed by atoms with Crippen LogP contribution < -0.4 is 10.6 Å². The van der Waals surface area contributed by atoms with E-state index in [0.717, 1.165) is 37.7 Å². The lowest BCUT2D eigenvalue weighted by atomic mass is 9.88. The Morgan fingerprint density at radius 2 is 1.53 bits per heavy atom. The van der Waals surface area contributed by atoms with Gasteiger partial charge in [0.15, 0.2) is 0 Å². The summed E-state index contributed by atoms with van der Waals surface area (Å²) in [5.74, 6) is -0.106. The van der Waals surface area contributed by atoms with Gasteiger partial charge in [0.25, 0.3) is 0 Å². The second-order valence-electron chi connectivity index (χ2n) is 9.16. The van der Waals surface area contributed by atoms with Crippen molar-refractivity contribution in [1.29, 1.82) is 0 Å². The molecule has 4 rings (SSSR count). The van der Waals surface area contributed by atoms with Crippen molar-refractivity contribution in [2.45, 2.75) is 63.5 Å². The summed E-state index contributed by atoms with van der Waals surface area (Å²) in [7, 11) is 0. The van der Waals surface area contributed by atoms with Crippen LogP contribution in [0.25, 0.3) is 0 Å². The molecule has 3 amide bonds. The number of nitrogens with one attached hydrogen (secondary N) is 2. The number of urea groups is 1. The van der Waals surface area contributed by atoms with E-state index in [2.05, 4.69) is 34.9 Å². The van der Waals surface area contributed by atoms with Gasteiger partial charge < -0.3 is 15.5 Å². The van der Waals surface area contributed by atoms with Crippen LogP contribution in [0.2, 0.25) is 0 Å². The molecule has 0 aromatic heterocycles. The van der Waals surface area contributed by atoms with Crippen molar-refractivity contribution >= 4 is 11.9 Å². The smallest absolute Gasteiger partial charge is 0.318 e. The van der Waals surface area contributed by atoms with Gasteiger partial charge in [-0.15, -0.1) is 0 Å². The van der Waals surface area contributed by atoms with Crippen LogP contribution in [0.1, 0.15) is 62.1 Å². The molecule has 2 aromatic rings. The highest BCUT2D eigenvalue weighted by molar-refractivity contribution is 5.81. The van der Waals surface area contributed by atoms with Crippen LogP contribution in [0.5, 0.6) is 0 Å². The van der Waals surface area contributed by atoms with E-state index in [1.165, 1.54) is 24.8 Å². The van der Waals surface area contributed by atoms with Crippen LogP contribution in [0.3, 0.4) is 0 Å². The van der Waals surface area contributed by atoms with Gasteiger partial charge in [0, 0.05) is 19.1 Å². The van der Waals surface area contributed by atoms with E-state index in [-0.39, 0.29) is 29.9 Å². The molecule has 0 bridgehead atoms. The van der Waals surface area contributed by atoms with Crippen LogP contribution in [-0.4, -0.2) is 36.0 Å². The minimum Gasteiger partial charge on any atom is -0.355 e. The lowest BCUT2D eigenvalue weighted by Crippen LogP contribution is -2.52. The Hall–Kier alpha value is -2.82. The molecule has 1 aliphatic carbocycles. The third kappa shape index (κ3) is 5.90. The van der Waals surface area contributed by atoms with Crippen molar-refractivity contribution in [2.75, 3.05) is 13.1 Å². The highest BCUT2D eigenvalue weighted by Gasteiger charge is 2.36. The summed E-state index contributed by atoms with van der Waals surface area (Å²) >= 11 is 0. The minimum atomic E-state index is -0.164. The third-order valence-electron chi connectivity index (χ3n) is 6.89. The van der Waals surface area contributed by atoms with Gasteiger partial charge in [-0.1, -0.05) is 79.9 Å². The summed E-state index contributed by atoms with van der Waals surface area (Å²) < 4.78 is 0. The van der Waals surface area contributed by atoms with E-state index in [1.807, 2.05) is 41.3 Å². The number of amides is 3. The summed E-state index contributed by atoms with van der Waals surface area (Å²) in [6, 6.07) is 20.7. The van der Waals surface area contributed by atoms with Gasteiger partial charge in [-0.25, -0.2) is 4.79 Å². The monoisotopic (exact) mass is 433 g/mol. The molecule has 1 heterocycles. The third-order valence-corrected chi connectivity index (χ3v) is 6.89. The molecule has 170 valence electrons. The molecule has 1 aliphatic heterocycles. The summed E-state index contributed by atoms with van der Waals surface area (Å²) in [5.41, 5.74) is 2.36. The zero-order valence-corrected chi connectivity index (χ0v) is 18.8. The number of rotatable bonds is 6. The number of nitrogens with zero attached hydrogens (tertiary/aromatic N) is 1. The number of benzene rings is 2. The maximum atomic E-state index is 13.3. The molecular weight excluding hydrogens is 398 g/mol. The Morgan fingerprint density at radius 3 is 2.25 bits per heavy atom. The molecular formula is C27H35N3O2. The van der Waals surface area contributed by atoms with Gasteiger partial charge in [0.05, 0.1) is 12.0 Å². The molecule has 2 unspecified atom stereocenters. The minimum absolute atomic E-state index is 0.0208. The van der Waals surface area contributed by atoms with Gasteiger partial charge in [-0.05, 0) is 43.2 Å². The van der Waals surface area contributed by atoms with Crippen molar-refractivity contribution in [3.8, 4) is 0 Å². The molecule has 0 spiro atoms. The van der Waals surface area contributed by atoms with Crippen LogP contribution in [0.15, 0.2) is 60.7 Å². The average Bonchev–Trinajstić information content (AvgIpc) is 2.85. The van der Waals surface area contributed by atoms with Crippen molar-refractivity contribution in [3.63, 3.8) is 0 Å². The standard InChI is InChI=1S/C27H35N3O2/c31-26(28-19-18-21-10-4-1-5-11-21)23-16-17-25(22-12-6-2-7-13-22)30(20-23)27(32)29-24-14-8-3-9-15-24/h1-2,4-7,10-13,23-25H,3,8-9,14-20H2,(H,28,31)(H,29,32). The first kappa shape index (κ1) is 22.4. The van der Waals surface area contributed by atoms with E-state index < -0.39 is 0 Å². The molecule has 1 saturated heterocycles. The van der Waals surface area contributed by atoms with Gasteiger partial charge in [-0.2, -0.15) is 0 Å². The molecule has 0 radical (unpaired) electrons. The zero-order chi connectivity index (χ0) is 22.2. The highest BCUT2D eigenvalue weighted by Crippen LogP contribution is 2.34. The normalized spacial score (nSPS) is 21.7. The van der Waals surface area contributed by atoms with Crippen molar-refractivity contribution in [2.24, 2.45) is 5.92 Å². The molecule has 2 aromatic carbocycles.